The molecule has 10 heteroatoms. The maximum atomic E-state index is 12.4. The smallest absolute Gasteiger partial charge is 0.343 e. The van der Waals surface area contributed by atoms with Crippen LogP contribution < -0.4 is 25.0 Å². The highest BCUT2D eigenvalue weighted by Crippen LogP contribution is 2.28. The van der Waals surface area contributed by atoms with Crippen LogP contribution in [0.25, 0.3) is 0 Å². The third-order valence-corrected chi connectivity index (χ3v) is 4.69. The number of ether oxygens (including phenoxy) is 3. The van der Waals surface area contributed by atoms with Gasteiger partial charge in [0.2, 0.25) is 0 Å². The molecule has 3 aromatic rings. The van der Waals surface area contributed by atoms with Crippen LogP contribution in [0, 0.1) is 0 Å². The van der Waals surface area contributed by atoms with Crippen LogP contribution in [-0.4, -0.2) is 38.2 Å². The molecule has 0 heterocycles. The first-order valence-corrected chi connectivity index (χ1v) is 10.2. The lowest BCUT2D eigenvalue weighted by Gasteiger charge is -2.11. The zero-order valence-electron chi connectivity index (χ0n) is 18.2. The van der Waals surface area contributed by atoms with E-state index >= 15 is 0 Å². The number of methoxy groups -OCH3 is 2. The van der Waals surface area contributed by atoms with Gasteiger partial charge in [-0.05, 0) is 48.5 Å². The summed E-state index contributed by atoms with van der Waals surface area (Å²) in [6.07, 6.45) is 1.25. The molecule has 0 bridgehead atoms. The molecular formula is C24H20ClN3O6. The van der Waals surface area contributed by atoms with Gasteiger partial charge in [0.25, 0.3) is 0 Å². The van der Waals surface area contributed by atoms with Crippen LogP contribution in [-0.2, 0) is 9.59 Å². The summed E-state index contributed by atoms with van der Waals surface area (Å²) < 4.78 is 15.7. The Labute approximate surface area is 200 Å². The van der Waals surface area contributed by atoms with Gasteiger partial charge in [0, 0.05) is 16.7 Å². The molecule has 0 aliphatic rings. The Balaban J connectivity index is 1.63. The minimum atomic E-state index is -1.01. The molecule has 9 nitrogen and oxygen atoms in total. The van der Waals surface area contributed by atoms with Crippen molar-refractivity contribution in [1.29, 1.82) is 0 Å². The van der Waals surface area contributed by atoms with Crippen molar-refractivity contribution in [1.82, 2.24) is 5.43 Å². The number of nitrogens with one attached hydrogen (secondary N) is 2. The van der Waals surface area contributed by atoms with Gasteiger partial charge in [-0.3, -0.25) is 9.59 Å². The highest BCUT2D eigenvalue weighted by Gasteiger charge is 2.16. The zero-order valence-corrected chi connectivity index (χ0v) is 19.0. The fourth-order valence-electron chi connectivity index (χ4n) is 2.72. The second-order valence-corrected chi connectivity index (χ2v) is 7.09. The lowest BCUT2D eigenvalue weighted by molar-refractivity contribution is -0.136. The van der Waals surface area contributed by atoms with E-state index in [0.29, 0.717) is 27.6 Å². The van der Waals surface area contributed by atoms with Crippen LogP contribution in [0.2, 0.25) is 5.02 Å². The Kier molecular flexibility index (Phi) is 8.20. The molecule has 0 radical (unpaired) electrons. The number of rotatable bonds is 7. The average Bonchev–Trinajstić information content (AvgIpc) is 2.85. The molecule has 174 valence electrons. The van der Waals surface area contributed by atoms with E-state index in [-0.39, 0.29) is 11.4 Å². The van der Waals surface area contributed by atoms with Gasteiger partial charge in [0.1, 0.15) is 17.2 Å². The van der Waals surface area contributed by atoms with Crippen molar-refractivity contribution in [2.75, 3.05) is 19.5 Å². The lowest BCUT2D eigenvalue weighted by Crippen LogP contribution is -2.32. The quantitative estimate of drug-likeness (QED) is 0.175. The minimum absolute atomic E-state index is 0.216. The Hall–Kier alpha value is -4.37. The molecule has 0 atom stereocenters. The SMILES string of the molecule is COc1ccc(NC(=O)C(=O)N/N=C/c2ccccc2OC(=O)c2ccc(Cl)cc2)c(OC)c1. The molecule has 34 heavy (non-hydrogen) atoms. The van der Waals surface area contributed by atoms with Gasteiger partial charge in [0.15, 0.2) is 0 Å². The fraction of sp³-hybridized carbons (Fsp3) is 0.0833. The Morgan fingerprint density at radius 3 is 2.32 bits per heavy atom. The van der Waals surface area contributed by atoms with Gasteiger partial charge in [-0.25, -0.2) is 10.2 Å². The molecule has 3 rings (SSSR count). The summed E-state index contributed by atoms with van der Waals surface area (Å²) in [6.45, 7) is 0. The normalized spacial score (nSPS) is 10.4. The number of hydrogen-bond donors (Lipinski definition) is 2. The molecule has 0 aliphatic carbocycles. The van der Waals surface area contributed by atoms with Crippen LogP contribution in [0.4, 0.5) is 5.69 Å². The van der Waals surface area contributed by atoms with E-state index in [0.717, 1.165) is 0 Å². The van der Waals surface area contributed by atoms with Gasteiger partial charge < -0.3 is 19.5 Å². The lowest BCUT2D eigenvalue weighted by atomic mass is 10.2. The maximum Gasteiger partial charge on any atom is 0.343 e. The van der Waals surface area contributed by atoms with Crippen molar-refractivity contribution >= 4 is 41.3 Å². The molecule has 0 unspecified atom stereocenters. The number of amides is 2. The first-order chi connectivity index (χ1) is 16.4. The molecule has 0 aromatic heterocycles. The summed E-state index contributed by atoms with van der Waals surface area (Å²) in [6, 6.07) is 17.5. The average molecular weight is 482 g/mol. The van der Waals surface area contributed by atoms with Crippen molar-refractivity contribution in [3.05, 3.63) is 82.9 Å². The third kappa shape index (κ3) is 6.33. The maximum absolute atomic E-state index is 12.4. The topological polar surface area (TPSA) is 115 Å². The summed E-state index contributed by atoms with van der Waals surface area (Å²) in [5, 5.41) is 6.71. The number of benzene rings is 3. The van der Waals surface area contributed by atoms with E-state index in [2.05, 4.69) is 15.8 Å². The van der Waals surface area contributed by atoms with Crippen molar-refractivity contribution < 1.29 is 28.6 Å². The number of para-hydroxylation sites is 1. The molecule has 2 amide bonds. The van der Waals surface area contributed by atoms with E-state index in [9.17, 15) is 14.4 Å². The largest absolute Gasteiger partial charge is 0.497 e. The predicted octanol–water partition coefficient (Wildman–Crippen LogP) is 3.67. The first-order valence-electron chi connectivity index (χ1n) is 9.84. The number of esters is 1. The van der Waals surface area contributed by atoms with Crippen molar-refractivity contribution in [2.45, 2.75) is 0 Å². The van der Waals surface area contributed by atoms with Crippen molar-refractivity contribution in [2.24, 2.45) is 5.10 Å². The first kappa shape index (κ1) is 24.3. The number of hydrazone groups is 1. The number of anilines is 1. The fourth-order valence-corrected chi connectivity index (χ4v) is 2.84. The van der Waals surface area contributed by atoms with Crippen molar-refractivity contribution in [3.63, 3.8) is 0 Å². The highest BCUT2D eigenvalue weighted by molar-refractivity contribution is 6.39. The standard InChI is InChI=1S/C24H20ClN3O6/c1-32-18-11-12-19(21(13-18)33-2)27-22(29)23(30)28-26-14-16-5-3-4-6-20(16)34-24(31)15-7-9-17(25)10-8-15/h3-14H,1-2H3,(H,27,29)(H,28,30)/b26-14+. The number of nitrogens with zero attached hydrogens (tertiary/aromatic N) is 1. The summed E-state index contributed by atoms with van der Waals surface area (Å²) >= 11 is 5.84. The second kappa shape index (κ2) is 11.5. The summed E-state index contributed by atoms with van der Waals surface area (Å²) in [5.41, 5.74) is 3.13. The molecule has 2 N–H and O–H groups in total. The zero-order chi connectivity index (χ0) is 24.5. The van der Waals surface area contributed by atoms with E-state index in [1.807, 2.05) is 0 Å². The number of carbonyl (C=O) groups is 3. The molecule has 0 aliphatic heterocycles. The molecule has 0 spiro atoms. The molecule has 0 saturated carbocycles. The van der Waals surface area contributed by atoms with Crippen LogP contribution in [0.3, 0.4) is 0 Å². The molecule has 0 saturated heterocycles. The van der Waals surface area contributed by atoms with Gasteiger partial charge in [-0.2, -0.15) is 5.10 Å². The molecule has 3 aromatic carbocycles. The summed E-state index contributed by atoms with van der Waals surface area (Å²) in [4.78, 5) is 36.7. The third-order valence-electron chi connectivity index (χ3n) is 4.43. The minimum Gasteiger partial charge on any atom is -0.497 e. The van der Waals surface area contributed by atoms with Gasteiger partial charge in [-0.15, -0.1) is 0 Å². The number of carbonyl (C=O) groups excluding carboxylic acids is 3. The summed E-state index contributed by atoms with van der Waals surface area (Å²) in [7, 11) is 2.92. The van der Waals surface area contributed by atoms with E-state index in [1.54, 1.807) is 48.5 Å². The Bertz CT molecular complexity index is 1230. The second-order valence-electron chi connectivity index (χ2n) is 6.65. The predicted molar refractivity (Wildman–Crippen MR) is 127 cm³/mol. The van der Waals surface area contributed by atoms with Gasteiger partial charge in [0.05, 0.1) is 31.7 Å². The van der Waals surface area contributed by atoms with E-state index < -0.39 is 17.8 Å². The van der Waals surface area contributed by atoms with Gasteiger partial charge in [-0.1, -0.05) is 23.7 Å². The van der Waals surface area contributed by atoms with Crippen LogP contribution in [0.1, 0.15) is 15.9 Å². The van der Waals surface area contributed by atoms with Crippen LogP contribution in [0.5, 0.6) is 17.2 Å². The van der Waals surface area contributed by atoms with Gasteiger partial charge >= 0.3 is 17.8 Å². The number of halogens is 1. The number of hydrogen-bond acceptors (Lipinski definition) is 7. The van der Waals surface area contributed by atoms with E-state index in [4.69, 9.17) is 25.8 Å². The van der Waals surface area contributed by atoms with Crippen LogP contribution >= 0.6 is 11.6 Å². The summed E-state index contributed by atoms with van der Waals surface area (Å²) in [5.74, 6) is -1.49. The Morgan fingerprint density at radius 1 is 0.882 bits per heavy atom. The van der Waals surface area contributed by atoms with Crippen LogP contribution in [0.15, 0.2) is 71.8 Å². The molecular weight excluding hydrogens is 462 g/mol. The monoisotopic (exact) mass is 481 g/mol. The van der Waals surface area contributed by atoms with Crippen molar-refractivity contribution in [3.8, 4) is 17.2 Å². The molecule has 0 fully saturated rings. The highest BCUT2D eigenvalue weighted by atomic mass is 35.5. The van der Waals surface area contributed by atoms with E-state index in [1.165, 1.54) is 38.6 Å². The Morgan fingerprint density at radius 2 is 1.62 bits per heavy atom.